The first kappa shape index (κ1) is 18.7. The second kappa shape index (κ2) is 7.30. The molecule has 6 rings (SSSR count). The Balaban J connectivity index is 1.45. The zero-order valence-corrected chi connectivity index (χ0v) is 18.6. The monoisotopic (exact) mass is 438 g/mol. The summed E-state index contributed by atoms with van der Waals surface area (Å²) in [6, 6.07) is 29.0. The van der Waals surface area contributed by atoms with Crippen molar-refractivity contribution in [2.75, 3.05) is 0 Å². The molecule has 0 amide bonds. The Morgan fingerprint density at radius 3 is 1.52 bits per heavy atom. The Hall–Kier alpha value is -3.01. The fraction of sp³-hybridized carbons (Fsp3) is 0.0714. The zero-order chi connectivity index (χ0) is 20.9. The van der Waals surface area contributed by atoms with Crippen LogP contribution in [-0.4, -0.2) is 0 Å². The summed E-state index contributed by atoms with van der Waals surface area (Å²) < 4.78 is 18.6. The zero-order valence-electron chi connectivity index (χ0n) is 17.0. The Morgan fingerprint density at radius 2 is 1.03 bits per heavy atom. The normalized spacial score (nSPS) is 11.7. The van der Waals surface area contributed by atoms with E-state index in [0.29, 0.717) is 0 Å². The summed E-state index contributed by atoms with van der Waals surface area (Å²) in [5.74, 6) is -0.200. The van der Waals surface area contributed by atoms with Crippen LogP contribution in [0.2, 0.25) is 0 Å². The van der Waals surface area contributed by atoms with Gasteiger partial charge in [-0.1, -0.05) is 67.6 Å². The minimum Gasteiger partial charge on any atom is -0.207 e. The maximum absolute atomic E-state index is 13.3. The van der Waals surface area contributed by atoms with Gasteiger partial charge in [0.25, 0.3) is 0 Å². The van der Waals surface area contributed by atoms with Gasteiger partial charge in [0.15, 0.2) is 0 Å². The molecule has 6 aromatic rings. The maximum Gasteiger partial charge on any atom is 0.123 e. The van der Waals surface area contributed by atoms with Gasteiger partial charge in [-0.2, -0.15) is 0 Å². The topological polar surface area (TPSA) is 0 Å². The highest BCUT2D eigenvalue weighted by atomic mass is 32.1. The lowest BCUT2D eigenvalue weighted by Crippen LogP contribution is -1.81. The number of aryl methyl sites for hydroxylation is 1. The standard InChI is InChI=1S/C28H19FS2/c1-2-17-3-5-18(6-4-17)20-9-13-23-25(15-20)30-28-24-14-10-21(16-26(24)31-27(23)28)19-7-11-22(29)12-8-19/h3-16H,2H2,1H3. The average molecular weight is 439 g/mol. The van der Waals surface area contributed by atoms with Crippen molar-refractivity contribution < 1.29 is 4.39 Å². The summed E-state index contributed by atoms with van der Waals surface area (Å²) in [5, 5.41) is 2.64. The van der Waals surface area contributed by atoms with E-state index < -0.39 is 0 Å². The van der Waals surface area contributed by atoms with Gasteiger partial charge in [0.1, 0.15) is 5.82 Å². The molecule has 0 aliphatic heterocycles. The quantitative estimate of drug-likeness (QED) is 0.258. The van der Waals surface area contributed by atoms with E-state index in [2.05, 4.69) is 67.6 Å². The van der Waals surface area contributed by atoms with Crippen molar-refractivity contribution in [3.8, 4) is 22.3 Å². The number of halogens is 1. The Bertz CT molecular complexity index is 1550. The SMILES string of the molecule is CCc1ccc(-c2ccc3c(c2)sc2c4ccc(-c5ccc(F)cc5)cc4sc32)cc1. The molecule has 3 heteroatoms. The predicted molar refractivity (Wildman–Crippen MR) is 135 cm³/mol. The van der Waals surface area contributed by atoms with E-state index in [1.807, 2.05) is 34.8 Å². The molecule has 0 saturated heterocycles. The molecule has 31 heavy (non-hydrogen) atoms. The predicted octanol–water partition coefficient (Wildman–Crippen LogP) is 9.30. The highest BCUT2D eigenvalue weighted by Gasteiger charge is 2.13. The molecule has 0 N–H and O–H groups in total. The van der Waals surface area contributed by atoms with Gasteiger partial charge in [-0.3, -0.25) is 0 Å². The van der Waals surface area contributed by atoms with E-state index in [1.165, 1.54) is 58.4 Å². The van der Waals surface area contributed by atoms with Gasteiger partial charge in [-0.25, -0.2) is 4.39 Å². The summed E-state index contributed by atoms with van der Waals surface area (Å²) in [5.41, 5.74) is 6.08. The van der Waals surface area contributed by atoms with Crippen LogP contribution in [0.4, 0.5) is 4.39 Å². The van der Waals surface area contributed by atoms with Gasteiger partial charge in [0.2, 0.25) is 0 Å². The molecule has 0 unspecified atom stereocenters. The average Bonchev–Trinajstić information content (AvgIpc) is 3.34. The van der Waals surface area contributed by atoms with Crippen LogP contribution >= 0.6 is 22.7 Å². The third-order valence-corrected chi connectivity index (χ3v) is 8.46. The third kappa shape index (κ3) is 3.16. The van der Waals surface area contributed by atoms with Crippen LogP contribution in [0.5, 0.6) is 0 Å². The number of fused-ring (bicyclic) bond motifs is 5. The van der Waals surface area contributed by atoms with Crippen molar-refractivity contribution >= 4 is 52.2 Å². The van der Waals surface area contributed by atoms with E-state index in [1.54, 1.807) is 0 Å². The lowest BCUT2D eigenvalue weighted by atomic mass is 10.0. The van der Waals surface area contributed by atoms with Crippen LogP contribution in [0.15, 0.2) is 84.9 Å². The van der Waals surface area contributed by atoms with E-state index in [0.717, 1.165) is 17.5 Å². The van der Waals surface area contributed by atoms with Crippen LogP contribution in [0, 0.1) is 5.82 Å². The number of hydrogen-bond donors (Lipinski definition) is 0. The summed E-state index contributed by atoms with van der Waals surface area (Å²) >= 11 is 3.73. The summed E-state index contributed by atoms with van der Waals surface area (Å²) in [6.07, 6.45) is 1.07. The van der Waals surface area contributed by atoms with Gasteiger partial charge in [-0.05, 0) is 58.5 Å². The van der Waals surface area contributed by atoms with Crippen molar-refractivity contribution in [1.82, 2.24) is 0 Å². The molecule has 2 heterocycles. The fourth-order valence-electron chi connectivity index (χ4n) is 4.19. The molecule has 0 fully saturated rings. The molecular formula is C28H19FS2. The summed E-state index contributed by atoms with van der Waals surface area (Å²) in [4.78, 5) is 0. The van der Waals surface area contributed by atoms with E-state index in [-0.39, 0.29) is 5.82 Å². The number of thiophene rings is 2. The van der Waals surface area contributed by atoms with Crippen LogP contribution in [0.3, 0.4) is 0 Å². The summed E-state index contributed by atoms with van der Waals surface area (Å²) in [7, 11) is 0. The van der Waals surface area contributed by atoms with Crippen LogP contribution in [0.1, 0.15) is 12.5 Å². The third-order valence-electron chi connectivity index (χ3n) is 5.96. The molecule has 0 aliphatic rings. The molecule has 0 aliphatic carbocycles. The molecule has 0 saturated carbocycles. The number of benzene rings is 4. The molecule has 0 atom stereocenters. The van der Waals surface area contributed by atoms with Gasteiger partial charge >= 0.3 is 0 Å². The number of rotatable bonds is 3. The van der Waals surface area contributed by atoms with Crippen molar-refractivity contribution in [3.63, 3.8) is 0 Å². The highest BCUT2D eigenvalue weighted by molar-refractivity contribution is 7.36. The molecule has 0 nitrogen and oxygen atoms in total. The van der Waals surface area contributed by atoms with Crippen molar-refractivity contribution in [2.45, 2.75) is 13.3 Å². The van der Waals surface area contributed by atoms with E-state index in [9.17, 15) is 4.39 Å². The van der Waals surface area contributed by atoms with Crippen LogP contribution in [0.25, 0.3) is 51.8 Å². The first-order chi connectivity index (χ1) is 15.2. The molecule has 4 aromatic carbocycles. The Kier molecular flexibility index (Phi) is 4.41. The smallest absolute Gasteiger partial charge is 0.123 e. The second-order valence-electron chi connectivity index (χ2n) is 7.84. The van der Waals surface area contributed by atoms with Gasteiger partial charge in [0, 0.05) is 20.2 Å². The van der Waals surface area contributed by atoms with Crippen molar-refractivity contribution in [3.05, 3.63) is 96.3 Å². The maximum atomic E-state index is 13.3. The first-order valence-electron chi connectivity index (χ1n) is 10.4. The molecule has 0 radical (unpaired) electrons. The molecule has 2 aromatic heterocycles. The highest BCUT2D eigenvalue weighted by Crippen LogP contribution is 2.45. The second-order valence-corrected chi connectivity index (χ2v) is 9.95. The minimum absolute atomic E-state index is 0.200. The molecule has 0 bridgehead atoms. The van der Waals surface area contributed by atoms with E-state index in [4.69, 9.17) is 0 Å². The molecule has 0 spiro atoms. The van der Waals surface area contributed by atoms with E-state index >= 15 is 0 Å². The Labute approximate surface area is 188 Å². The lowest BCUT2D eigenvalue weighted by Gasteiger charge is -2.04. The molecule has 150 valence electrons. The van der Waals surface area contributed by atoms with Gasteiger partial charge in [-0.15, -0.1) is 22.7 Å². The fourth-order valence-corrected chi connectivity index (χ4v) is 6.92. The van der Waals surface area contributed by atoms with Crippen molar-refractivity contribution in [2.24, 2.45) is 0 Å². The number of hydrogen-bond acceptors (Lipinski definition) is 2. The first-order valence-corrected chi connectivity index (χ1v) is 12.1. The summed E-state index contributed by atoms with van der Waals surface area (Å²) in [6.45, 7) is 2.19. The van der Waals surface area contributed by atoms with Gasteiger partial charge in [0.05, 0.1) is 9.40 Å². The minimum atomic E-state index is -0.200. The molecular weight excluding hydrogens is 419 g/mol. The Morgan fingerprint density at radius 1 is 0.581 bits per heavy atom. The van der Waals surface area contributed by atoms with Crippen molar-refractivity contribution in [1.29, 1.82) is 0 Å². The largest absolute Gasteiger partial charge is 0.207 e. The van der Waals surface area contributed by atoms with Gasteiger partial charge < -0.3 is 0 Å². The lowest BCUT2D eigenvalue weighted by molar-refractivity contribution is 0.628. The van der Waals surface area contributed by atoms with Crippen LogP contribution in [-0.2, 0) is 6.42 Å². The van der Waals surface area contributed by atoms with Crippen LogP contribution < -0.4 is 0 Å².